The highest BCUT2D eigenvalue weighted by molar-refractivity contribution is 8.01. The van der Waals surface area contributed by atoms with Gasteiger partial charge in [-0.25, -0.2) is 9.97 Å². The number of aromatic nitrogens is 2. The molecule has 0 radical (unpaired) electrons. The second kappa shape index (κ2) is 4.15. The van der Waals surface area contributed by atoms with Crippen LogP contribution in [0.5, 0.6) is 0 Å². The summed E-state index contributed by atoms with van der Waals surface area (Å²) in [6.07, 6.45) is -1.73. The molecule has 72 valence electrons. The van der Waals surface area contributed by atoms with E-state index in [4.69, 9.17) is 11.6 Å². The number of thioether (sulfide) groups is 1. The summed E-state index contributed by atoms with van der Waals surface area (Å²) in [5, 5.41) is 0.0137. The number of nitrogens with zero attached hydrogens (tertiary/aromatic N) is 2. The third-order valence-corrected chi connectivity index (χ3v) is 2.42. The Morgan fingerprint density at radius 3 is 2.31 bits per heavy atom. The summed E-state index contributed by atoms with van der Waals surface area (Å²) >= 11 is 5.42. The van der Waals surface area contributed by atoms with E-state index in [2.05, 4.69) is 9.97 Å². The van der Waals surface area contributed by atoms with E-state index in [1.807, 2.05) is 0 Å². The first-order valence-corrected chi connectivity index (χ1v) is 4.46. The Hall–Kier alpha value is -0.490. The van der Waals surface area contributed by atoms with E-state index in [1.54, 1.807) is 0 Å². The summed E-state index contributed by atoms with van der Waals surface area (Å²) in [7, 11) is 0. The van der Waals surface area contributed by atoms with Crippen molar-refractivity contribution in [2.24, 2.45) is 0 Å². The lowest BCUT2D eigenvalue weighted by Gasteiger charge is -2.10. The van der Waals surface area contributed by atoms with Crippen molar-refractivity contribution in [2.45, 2.75) is 16.0 Å². The topological polar surface area (TPSA) is 25.8 Å². The molecule has 1 aromatic heterocycles. The molecule has 1 atom stereocenters. The van der Waals surface area contributed by atoms with Gasteiger partial charge in [-0.2, -0.15) is 13.2 Å². The number of hydrogen-bond donors (Lipinski definition) is 0. The normalized spacial score (nSPS) is 14.2. The van der Waals surface area contributed by atoms with Crippen LogP contribution in [0, 0.1) is 0 Å². The molecular formula is C6H4ClF3N2S. The minimum atomic E-state index is -4.44. The molecule has 0 aromatic carbocycles. The Morgan fingerprint density at radius 1 is 1.31 bits per heavy atom. The van der Waals surface area contributed by atoms with Gasteiger partial charge in [0.2, 0.25) is 0 Å². The van der Waals surface area contributed by atoms with Crippen LogP contribution in [0.4, 0.5) is 13.2 Å². The van der Waals surface area contributed by atoms with Gasteiger partial charge in [0.25, 0.3) is 0 Å². The van der Waals surface area contributed by atoms with E-state index in [1.165, 1.54) is 18.5 Å². The van der Waals surface area contributed by atoms with Crippen LogP contribution in [0.1, 0.15) is 0 Å². The van der Waals surface area contributed by atoms with Gasteiger partial charge in [0.1, 0.15) is 0 Å². The van der Waals surface area contributed by atoms with Gasteiger partial charge >= 0.3 is 6.18 Å². The third kappa shape index (κ3) is 3.40. The molecule has 0 aliphatic carbocycles. The molecule has 1 unspecified atom stereocenters. The van der Waals surface area contributed by atoms with Gasteiger partial charge in [0.05, 0.1) is 0 Å². The summed E-state index contributed by atoms with van der Waals surface area (Å²) in [4.78, 5) is 7.20. The van der Waals surface area contributed by atoms with Gasteiger partial charge < -0.3 is 0 Å². The lowest BCUT2D eigenvalue weighted by Crippen LogP contribution is -2.19. The SMILES string of the molecule is FC(F)(F)C(Cl)Sc1ncccn1. The molecule has 0 saturated carbocycles. The number of rotatable bonds is 2. The monoisotopic (exact) mass is 228 g/mol. The van der Waals surface area contributed by atoms with Crippen molar-refractivity contribution in [1.29, 1.82) is 0 Å². The molecule has 7 heteroatoms. The Labute approximate surface area is 81.5 Å². The molecule has 0 aliphatic rings. The fourth-order valence-electron chi connectivity index (χ4n) is 0.506. The highest BCUT2D eigenvalue weighted by Gasteiger charge is 2.39. The van der Waals surface area contributed by atoms with E-state index >= 15 is 0 Å². The highest BCUT2D eigenvalue weighted by Crippen LogP contribution is 2.35. The first-order chi connectivity index (χ1) is 6.00. The Morgan fingerprint density at radius 2 is 1.85 bits per heavy atom. The Bertz CT molecular complexity index is 266. The molecule has 2 nitrogen and oxygen atoms in total. The molecule has 0 bridgehead atoms. The molecule has 0 aliphatic heterocycles. The molecule has 1 aromatic rings. The van der Waals surface area contributed by atoms with E-state index in [-0.39, 0.29) is 5.16 Å². The van der Waals surface area contributed by atoms with Gasteiger partial charge in [0.15, 0.2) is 9.87 Å². The quantitative estimate of drug-likeness (QED) is 0.442. The molecule has 13 heavy (non-hydrogen) atoms. The summed E-state index contributed by atoms with van der Waals surface area (Å²) in [6.45, 7) is 0. The molecule has 1 rings (SSSR count). The molecule has 0 N–H and O–H groups in total. The van der Waals surface area contributed by atoms with Crippen molar-refractivity contribution in [3.8, 4) is 0 Å². The predicted molar refractivity (Wildman–Crippen MR) is 43.6 cm³/mol. The van der Waals surface area contributed by atoms with Gasteiger partial charge in [-0.3, -0.25) is 0 Å². The minimum absolute atomic E-state index is 0.0137. The minimum Gasteiger partial charge on any atom is -0.231 e. The zero-order chi connectivity index (χ0) is 9.90. The van der Waals surface area contributed by atoms with E-state index in [0.717, 1.165) is 0 Å². The summed E-state index contributed by atoms with van der Waals surface area (Å²) in [5.74, 6) is 0. The molecule has 0 amide bonds. The van der Waals surface area contributed by atoms with Crippen LogP contribution in [0.15, 0.2) is 23.6 Å². The van der Waals surface area contributed by atoms with Gasteiger partial charge in [-0.15, -0.1) is 11.6 Å². The fourth-order valence-corrected chi connectivity index (χ4v) is 1.31. The molecule has 0 saturated heterocycles. The third-order valence-electron chi connectivity index (χ3n) is 1.01. The zero-order valence-electron chi connectivity index (χ0n) is 6.12. The van der Waals surface area contributed by atoms with Crippen LogP contribution in [-0.2, 0) is 0 Å². The summed E-state index contributed by atoms with van der Waals surface area (Å²) < 4.78 is 33.8. The Kier molecular flexibility index (Phi) is 3.38. The van der Waals surface area contributed by atoms with Gasteiger partial charge in [-0.1, -0.05) is 11.8 Å². The Balaban J connectivity index is 2.61. The van der Waals surface area contributed by atoms with Crippen molar-refractivity contribution >= 4 is 23.4 Å². The summed E-state index contributed by atoms with van der Waals surface area (Å²) in [6, 6.07) is 1.51. The average Bonchev–Trinajstić information content (AvgIpc) is 2.04. The van der Waals surface area contributed by atoms with E-state index in [0.29, 0.717) is 11.8 Å². The van der Waals surface area contributed by atoms with Crippen molar-refractivity contribution in [3.05, 3.63) is 18.5 Å². The molecule has 0 fully saturated rings. The number of hydrogen-bond acceptors (Lipinski definition) is 3. The van der Waals surface area contributed by atoms with Crippen LogP contribution in [0.3, 0.4) is 0 Å². The van der Waals surface area contributed by atoms with Crippen molar-refractivity contribution in [2.75, 3.05) is 0 Å². The maximum atomic E-state index is 11.9. The first kappa shape index (κ1) is 10.6. The highest BCUT2D eigenvalue weighted by atomic mass is 35.5. The van der Waals surface area contributed by atoms with Crippen molar-refractivity contribution in [3.63, 3.8) is 0 Å². The predicted octanol–water partition coefficient (Wildman–Crippen LogP) is 2.70. The van der Waals surface area contributed by atoms with Gasteiger partial charge in [0, 0.05) is 12.4 Å². The average molecular weight is 229 g/mol. The second-order valence-corrected chi connectivity index (χ2v) is 3.77. The maximum absolute atomic E-state index is 11.9. The summed E-state index contributed by atoms with van der Waals surface area (Å²) in [5.41, 5.74) is 0. The standard InChI is InChI=1S/C6H4ClF3N2S/c7-4(6(8,9)10)13-5-11-2-1-3-12-5/h1-4H. The van der Waals surface area contributed by atoms with E-state index < -0.39 is 10.9 Å². The maximum Gasteiger partial charge on any atom is 0.414 e. The second-order valence-electron chi connectivity index (χ2n) is 2.01. The van der Waals surface area contributed by atoms with E-state index in [9.17, 15) is 13.2 Å². The molecule has 0 spiro atoms. The molecular weight excluding hydrogens is 225 g/mol. The lowest BCUT2D eigenvalue weighted by molar-refractivity contribution is -0.113. The van der Waals surface area contributed by atoms with Crippen LogP contribution in [-0.4, -0.2) is 20.9 Å². The van der Waals surface area contributed by atoms with Crippen LogP contribution in [0.25, 0.3) is 0 Å². The van der Waals surface area contributed by atoms with Gasteiger partial charge in [-0.05, 0) is 6.07 Å². The first-order valence-electron chi connectivity index (χ1n) is 3.14. The zero-order valence-corrected chi connectivity index (χ0v) is 7.70. The fraction of sp³-hybridized carbons (Fsp3) is 0.333. The van der Waals surface area contributed by atoms with Crippen LogP contribution < -0.4 is 0 Å². The number of alkyl halides is 4. The smallest absolute Gasteiger partial charge is 0.231 e. The van der Waals surface area contributed by atoms with Crippen molar-refractivity contribution < 1.29 is 13.2 Å². The van der Waals surface area contributed by atoms with Crippen LogP contribution in [0.2, 0.25) is 0 Å². The van der Waals surface area contributed by atoms with Crippen molar-refractivity contribution in [1.82, 2.24) is 9.97 Å². The number of halogens is 4. The lowest BCUT2D eigenvalue weighted by atomic mass is 10.7. The molecule has 1 heterocycles. The van der Waals surface area contributed by atoms with Crippen LogP contribution >= 0.6 is 23.4 Å². The largest absolute Gasteiger partial charge is 0.414 e.